The third-order valence-corrected chi connectivity index (χ3v) is 4.13. The minimum Gasteiger partial charge on any atom is -0.312 e. The Morgan fingerprint density at radius 2 is 2.18 bits per heavy atom. The smallest absolute Gasteiger partial charge is 0.0568 e. The van der Waals surface area contributed by atoms with Gasteiger partial charge in [-0.2, -0.15) is 5.10 Å². The molecular formula is C17H25ClN4. The number of nitrogens with zero attached hydrogens (tertiary/aromatic N) is 3. The summed E-state index contributed by atoms with van der Waals surface area (Å²) >= 11 is 0. The molecule has 1 aliphatic rings. The van der Waals surface area contributed by atoms with Crippen molar-refractivity contribution < 1.29 is 0 Å². The fourth-order valence-corrected chi connectivity index (χ4v) is 3.05. The maximum absolute atomic E-state index is 4.32. The van der Waals surface area contributed by atoms with Gasteiger partial charge in [0.05, 0.1) is 6.20 Å². The van der Waals surface area contributed by atoms with Crippen molar-refractivity contribution in [1.82, 2.24) is 20.0 Å². The van der Waals surface area contributed by atoms with Crippen molar-refractivity contribution in [3.63, 3.8) is 0 Å². The Bertz CT molecular complexity index is 623. The highest BCUT2D eigenvalue weighted by Gasteiger charge is 2.17. The monoisotopic (exact) mass is 320 g/mol. The summed E-state index contributed by atoms with van der Waals surface area (Å²) in [5, 5.41) is 7.82. The maximum Gasteiger partial charge on any atom is 0.0568 e. The van der Waals surface area contributed by atoms with Gasteiger partial charge in [0.15, 0.2) is 0 Å². The Kier molecular flexibility index (Phi) is 5.62. The standard InChI is InChI=1S/C17H24N4.ClH/c1-13-4-5-15(12-21-7-6-18-14(2)10-21)17(8-13)16-9-19-20(3)11-16;/h4-5,8-9,11,14,18H,6-7,10,12H2,1-3H3;1H/t14-;/m0./s1. The molecule has 2 heterocycles. The van der Waals surface area contributed by atoms with E-state index in [4.69, 9.17) is 0 Å². The predicted octanol–water partition coefficient (Wildman–Crippen LogP) is 2.61. The van der Waals surface area contributed by atoms with E-state index in [0.29, 0.717) is 6.04 Å². The van der Waals surface area contributed by atoms with Crippen molar-refractivity contribution in [3.8, 4) is 11.1 Å². The van der Waals surface area contributed by atoms with Crippen LogP contribution in [0.15, 0.2) is 30.6 Å². The second kappa shape index (κ2) is 7.27. The molecule has 1 saturated heterocycles. The lowest BCUT2D eigenvalue weighted by molar-refractivity contribution is 0.200. The fraction of sp³-hybridized carbons (Fsp3) is 0.471. The highest BCUT2D eigenvalue weighted by Crippen LogP contribution is 2.26. The van der Waals surface area contributed by atoms with Crippen LogP contribution in [0.4, 0.5) is 0 Å². The van der Waals surface area contributed by atoms with Gasteiger partial charge >= 0.3 is 0 Å². The number of halogens is 1. The van der Waals surface area contributed by atoms with Gasteiger partial charge in [0.1, 0.15) is 0 Å². The first-order valence-electron chi connectivity index (χ1n) is 7.66. The van der Waals surface area contributed by atoms with Gasteiger partial charge in [0.25, 0.3) is 0 Å². The predicted molar refractivity (Wildman–Crippen MR) is 93.4 cm³/mol. The van der Waals surface area contributed by atoms with Gasteiger partial charge < -0.3 is 5.32 Å². The molecule has 0 radical (unpaired) electrons. The molecule has 1 atom stereocenters. The number of aryl methyl sites for hydroxylation is 2. The average Bonchev–Trinajstić information content (AvgIpc) is 2.87. The van der Waals surface area contributed by atoms with Gasteiger partial charge in [0, 0.05) is 51.0 Å². The molecule has 0 aliphatic carbocycles. The van der Waals surface area contributed by atoms with Gasteiger partial charge in [0.2, 0.25) is 0 Å². The molecule has 0 spiro atoms. The summed E-state index contributed by atoms with van der Waals surface area (Å²) in [6, 6.07) is 7.33. The summed E-state index contributed by atoms with van der Waals surface area (Å²) in [6.07, 6.45) is 4.05. The Morgan fingerprint density at radius 1 is 1.36 bits per heavy atom. The number of nitrogens with one attached hydrogen (secondary N) is 1. The minimum atomic E-state index is 0. The first-order chi connectivity index (χ1) is 10.1. The average molecular weight is 321 g/mol. The van der Waals surface area contributed by atoms with Gasteiger partial charge in [-0.3, -0.25) is 9.58 Å². The number of hydrogen-bond acceptors (Lipinski definition) is 3. The second-order valence-electron chi connectivity index (χ2n) is 6.15. The zero-order valence-corrected chi connectivity index (χ0v) is 14.4. The molecule has 2 aromatic rings. The van der Waals surface area contributed by atoms with Crippen LogP contribution in [0.5, 0.6) is 0 Å². The van der Waals surface area contributed by atoms with E-state index in [1.165, 1.54) is 22.3 Å². The van der Waals surface area contributed by atoms with Crippen molar-refractivity contribution in [2.45, 2.75) is 26.4 Å². The lowest BCUT2D eigenvalue weighted by Crippen LogP contribution is -2.48. The van der Waals surface area contributed by atoms with Crippen LogP contribution in [-0.4, -0.2) is 40.4 Å². The summed E-state index contributed by atoms with van der Waals surface area (Å²) in [7, 11) is 1.97. The quantitative estimate of drug-likeness (QED) is 0.943. The molecule has 5 heteroatoms. The first-order valence-corrected chi connectivity index (χ1v) is 7.66. The summed E-state index contributed by atoms with van der Waals surface area (Å²) < 4.78 is 1.87. The van der Waals surface area contributed by atoms with Gasteiger partial charge in [-0.15, -0.1) is 12.4 Å². The summed E-state index contributed by atoms with van der Waals surface area (Å²) in [4.78, 5) is 2.53. The number of rotatable bonds is 3. The molecule has 120 valence electrons. The van der Waals surface area contributed by atoms with Crippen LogP contribution in [0.25, 0.3) is 11.1 Å². The molecule has 1 aromatic carbocycles. The number of hydrogen-bond donors (Lipinski definition) is 1. The largest absolute Gasteiger partial charge is 0.312 e. The molecule has 1 aromatic heterocycles. The molecule has 1 N–H and O–H groups in total. The van der Waals surface area contributed by atoms with E-state index in [-0.39, 0.29) is 12.4 Å². The van der Waals surface area contributed by atoms with Crippen molar-refractivity contribution in [3.05, 3.63) is 41.7 Å². The Morgan fingerprint density at radius 3 is 2.86 bits per heavy atom. The van der Waals surface area contributed by atoms with Gasteiger partial charge in [-0.05, 0) is 25.0 Å². The lowest BCUT2D eigenvalue weighted by atomic mass is 9.99. The SMILES string of the molecule is Cc1ccc(CN2CCN[C@@H](C)C2)c(-c2cnn(C)c2)c1.Cl. The summed E-state index contributed by atoms with van der Waals surface area (Å²) in [5.41, 5.74) is 5.21. The number of aromatic nitrogens is 2. The van der Waals surface area contributed by atoms with Crippen LogP contribution in [0, 0.1) is 6.92 Å². The molecule has 22 heavy (non-hydrogen) atoms. The second-order valence-corrected chi connectivity index (χ2v) is 6.15. The highest BCUT2D eigenvalue weighted by molar-refractivity contribution is 5.85. The lowest BCUT2D eigenvalue weighted by Gasteiger charge is -2.32. The Labute approximate surface area is 138 Å². The first kappa shape index (κ1) is 17.0. The van der Waals surface area contributed by atoms with E-state index in [1.54, 1.807) is 0 Å². The summed E-state index contributed by atoms with van der Waals surface area (Å²) in [5.74, 6) is 0. The molecule has 0 amide bonds. The Balaban J connectivity index is 0.00000176. The third kappa shape index (κ3) is 3.88. The van der Waals surface area contributed by atoms with Crippen LogP contribution in [0.1, 0.15) is 18.1 Å². The van der Waals surface area contributed by atoms with E-state index >= 15 is 0 Å². The van der Waals surface area contributed by atoms with Crippen LogP contribution >= 0.6 is 12.4 Å². The zero-order chi connectivity index (χ0) is 14.8. The number of benzene rings is 1. The molecule has 1 fully saturated rings. The van der Waals surface area contributed by atoms with E-state index in [0.717, 1.165) is 26.2 Å². The van der Waals surface area contributed by atoms with Crippen molar-refractivity contribution >= 4 is 12.4 Å². The van der Waals surface area contributed by atoms with Crippen LogP contribution < -0.4 is 5.32 Å². The normalized spacial score (nSPS) is 19.0. The third-order valence-electron chi connectivity index (χ3n) is 4.13. The fourth-order valence-electron chi connectivity index (χ4n) is 3.05. The van der Waals surface area contributed by atoms with Crippen LogP contribution in [0.3, 0.4) is 0 Å². The van der Waals surface area contributed by atoms with Crippen LogP contribution in [0.2, 0.25) is 0 Å². The molecule has 4 nitrogen and oxygen atoms in total. The van der Waals surface area contributed by atoms with Gasteiger partial charge in [-0.25, -0.2) is 0 Å². The van der Waals surface area contributed by atoms with Crippen LogP contribution in [-0.2, 0) is 13.6 Å². The molecule has 3 rings (SSSR count). The Hall–Kier alpha value is -1.36. The summed E-state index contributed by atoms with van der Waals surface area (Å²) in [6.45, 7) is 8.72. The van der Waals surface area contributed by atoms with E-state index in [2.05, 4.69) is 53.6 Å². The molecule has 0 saturated carbocycles. The van der Waals surface area contributed by atoms with E-state index in [1.807, 2.05) is 17.9 Å². The van der Waals surface area contributed by atoms with Crippen molar-refractivity contribution in [1.29, 1.82) is 0 Å². The number of piperazine rings is 1. The topological polar surface area (TPSA) is 33.1 Å². The van der Waals surface area contributed by atoms with Crippen molar-refractivity contribution in [2.75, 3.05) is 19.6 Å². The molecule has 0 bridgehead atoms. The van der Waals surface area contributed by atoms with Crippen molar-refractivity contribution in [2.24, 2.45) is 7.05 Å². The zero-order valence-electron chi connectivity index (χ0n) is 13.5. The van der Waals surface area contributed by atoms with Gasteiger partial charge in [-0.1, -0.05) is 23.8 Å². The molecule has 0 unspecified atom stereocenters. The maximum atomic E-state index is 4.32. The molecule has 1 aliphatic heterocycles. The molecular weight excluding hydrogens is 296 g/mol. The minimum absolute atomic E-state index is 0. The van der Waals surface area contributed by atoms with E-state index in [9.17, 15) is 0 Å². The van der Waals surface area contributed by atoms with E-state index < -0.39 is 0 Å². The highest BCUT2D eigenvalue weighted by atomic mass is 35.5.